The van der Waals surface area contributed by atoms with E-state index in [0.717, 1.165) is 52.8 Å². The first-order chi connectivity index (χ1) is 11.2. The van der Waals surface area contributed by atoms with Crippen molar-refractivity contribution in [2.75, 3.05) is 0 Å². The van der Waals surface area contributed by atoms with Gasteiger partial charge in [0, 0.05) is 0 Å². The molecule has 5 aliphatic carbocycles. The van der Waals surface area contributed by atoms with Gasteiger partial charge in [-0.1, -0.05) is 52.4 Å². The Hall–Kier alpha value is 0. The Balaban J connectivity index is 1.51. The average Bonchev–Trinajstić information content (AvgIpc) is 3.05. The van der Waals surface area contributed by atoms with Gasteiger partial charge in [0.05, 0.1) is 0 Å². The van der Waals surface area contributed by atoms with Crippen LogP contribution in [0, 0.1) is 52.8 Å². The molecule has 0 heterocycles. The summed E-state index contributed by atoms with van der Waals surface area (Å²) in [5.41, 5.74) is 0.818. The highest BCUT2D eigenvalue weighted by Crippen LogP contribution is 2.72. The Bertz CT molecular complexity index is 409. The van der Waals surface area contributed by atoms with Crippen LogP contribution in [0.1, 0.15) is 90.9 Å². The Morgan fingerprint density at radius 2 is 1.09 bits per heavy atom. The fourth-order valence-electron chi connectivity index (χ4n) is 8.92. The zero-order valence-corrected chi connectivity index (χ0v) is 15.6. The molecular weight excluding hydrogens is 276 g/mol. The molecule has 0 N–H and O–H groups in total. The first-order valence-electron chi connectivity index (χ1n) is 11.2. The van der Waals surface area contributed by atoms with Gasteiger partial charge in [-0.15, -0.1) is 0 Å². The first kappa shape index (κ1) is 15.3. The predicted octanol–water partition coefficient (Wildman–Crippen LogP) is 6.69. The minimum atomic E-state index is 0.818. The maximum absolute atomic E-state index is 2.57. The van der Waals surface area contributed by atoms with E-state index in [9.17, 15) is 0 Å². The largest absolute Gasteiger partial charge is 0.0625 e. The Kier molecular flexibility index (Phi) is 3.65. The fourth-order valence-corrected chi connectivity index (χ4v) is 8.92. The van der Waals surface area contributed by atoms with Crippen molar-refractivity contribution in [1.29, 1.82) is 0 Å². The Morgan fingerprint density at radius 1 is 0.609 bits per heavy atom. The normalized spacial score (nSPS) is 58.7. The molecule has 8 unspecified atom stereocenters. The molecule has 0 aliphatic heterocycles. The second kappa shape index (κ2) is 5.50. The summed E-state index contributed by atoms with van der Waals surface area (Å²) >= 11 is 0. The lowest BCUT2D eigenvalue weighted by Gasteiger charge is -2.43. The second-order valence-electron chi connectivity index (χ2n) is 10.8. The van der Waals surface area contributed by atoms with Crippen molar-refractivity contribution in [3.8, 4) is 0 Å². The summed E-state index contributed by atoms with van der Waals surface area (Å²) in [6.07, 6.45) is 19.1. The molecule has 0 heteroatoms. The van der Waals surface area contributed by atoms with Crippen LogP contribution in [0.5, 0.6) is 0 Å². The van der Waals surface area contributed by atoms with Gasteiger partial charge in [-0.25, -0.2) is 0 Å². The lowest BCUT2D eigenvalue weighted by Crippen LogP contribution is -2.35. The zero-order valence-electron chi connectivity index (χ0n) is 15.6. The smallest absolute Gasteiger partial charge is 0.0230 e. The molecule has 0 nitrogen and oxygen atoms in total. The minimum Gasteiger partial charge on any atom is -0.0625 e. The van der Waals surface area contributed by atoms with E-state index in [4.69, 9.17) is 0 Å². The van der Waals surface area contributed by atoms with Gasteiger partial charge in [-0.2, -0.15) is 0 Å². The van der Waals surface area contributed by atoms with Crippen LogP contribution in [0.2, 0.25) is 0 Å². The summed E-state index contributed by atoms with van der Waals surface area (Å²) in [6.45, 7) is 5.13. The van der Waals surface area contributed by atoms with E-state index in [2.05, 4.69) is 13.8 Å². The van der Waals surface area contributed by atoms with Crippen LogP contribution >= 0.6 is 0 Å². The number of hydrogen-bond donors (Lipinski definition) is 0. The van der Waals surface area contributed by atoms with E-state index in [1.165, 1.54) is 0 Å². The highest BCUT2D eigenvalue weighted by molar-refractivity contribution is 5.13. The molecule has 0 radical (unpaired) electrons. The summed E-state index contributed by atoms with van der Waals surface area (Å²) in [5, 5.41) is 0. The molecule has 0 amide bonds. The van der Waals surface area contributed by atoms with Crippen molar-refractivity contribution in [3.63, 3.8) is 0 Å². The van der Waals surface area contributed by atoms with E-state index < -0.39 is 0 Å². The molecule has 0 aromatic rings. The Morgan fingerprint density at radius 3 is 1.57 bits per heavy atom. The van der Waals surface area contributed by atoms with Gasteiger partial charge in [0.1, 0.15) is 0 Å². The van der Waals surface area contributed by atoms with Crippen LogP contribution in [0.15, 0.2) is 0 Å². The fraction of sp³-hybridized carbons (Fsp3) is 1.00. The molecule has 5 aliphatic rings. The number of rotatable bonds is 0. The van der Waals surface area contributed by atoms with Crippen LogP contribution in [-0.2, 0) is 0 Å². The number of hydrogen-bond acceptors (Lipinski definition) is 0. The van der Waals surface area contributed by atoms with Crippen molar-refractivity contribution >= 4 is 0 Å². The monoisotopic (exact) mass is 314 g/mol. The van der Waals surface area contributed by atoms with Crippen molar-refractivity contribution < 1.29 is 0 Å². The van der Waals surface area contributed by atoms with Gasteiger partial charge in [-0.3, -0.25) is 0 Å². The van der Waals surface area contributed by atoms with Crippen molar-refractivity contribution in [3.05, 3.63) is 0 Å². The standard InChI is InChI=1S/C23H38/c1-15-7-9-19-20-10-8-16(2)12-22(20)23(21(19)11-15)13-17-5-3-4-6-18(17)14-23/h15-22H,3-14H2,1-2H3. The summed E-state index contributed by atoms with van der Waals surface area (Å²) < 4.78 is 0. The van der Waals surface area contributed by atoms with Crippen LogP contribution in [-0.4, -0.2) is 0 Å². The maximum atomic E-state index is 2.57. The predicted molar refractivity (Wildman–Crippen MR) is 97.1 cm³/mol. The minimum absolute atomic E-state index is 0.818. The molecular formula is C23H38. The molecule has 8 atom stereocenters. The zero-order chi connectivity index (χ0) is 15.6. The third kappa shape index (κ3) is 2.22. The molecule has 23 heavy (non-hydrogen) atoms. The van der Waals surface area contributed by atoms with E-state index in [-0.39, 0.29) is 0 Å². The average molecular weight is 315 g/mol. The quantitative estimate of drug-likeness (QED) is 0.467. The van der Waals surface area contributed by atoms with Crippen molar-refractivity contribution in [1.82, 2.24) is 0 Å². The number of fused-ring (bicyclic) bond motifs is 6. The lowest BCUT2D eigenvalue weighted by atomic mass is 9.62. The van der Waals surface area contributed by atoms with Gasteiger partial charge in [0.15, 0.2) is 0 Å². The maximum Gasteiger partial charge on any atom is -0.0230 e. The third-order valence-electron chi connectivity index (χ3n) is 9.71. The van der Waals surface area contributed by atoms with Crippen molar-refractivity contribution in [2.24, 2.45) is 52.8 Å². The SMILES string of the molecule is CC1CCC2C3CCC(C)CC3C3(CC4CCCCC4C3)C2C1. The van der Waals surface area contributed by atoms with Gasteiger partial charge >= 0.3 is 0 Å². The molecule has 130 valence electrons. The van der Waals surface area contributed by atoms with E-state index in [1.807, 2.05) is 0 Å². The molecule has 0 aromatic carbocycles. The van der Waals surface area contributed by atoms with Crippen LogP contribution in [0.3, 0.4) is 0 Å². The van der Waals surface area contributed by atoms with E-state index in [1.54, 1.807) is 77.0 Å². The molecule has 5 rings (SSSR count). The van der Waals surface area contributed by atoms with Crippen LogP contribution < -0.4 is 0 Å². The first-order valence-corrected chi connectivity index (χ1v) is 11.2. The highest BCUT2D eigenvalue weighted by atomic mass is 14.7. The van der Waals surface area contributed by atoms with Crippen LogP contribution in [0.25, 0.3) is 0 Å². The van der Waals surface area contributed by atoms with Gasteiger partial charge in [0.2, 0.25) is 0 Å². The lowest BCUT2D eigenvalue weighted by molar-refractivity contribution is 0.0583. The summed E-state index contributed by atoms with van der Waals surface area (Å²) in [6, 6.07) is 0. The Labute approximate surface area is 144 Å². The van der Waals surface area contributed by atoms with Gasteiger partial charge in [0.25, 0.3) is 0 Å². The van der Waals surface area contributed by atoms with E-state index in [0.29, 0.717) is 0 Å². The molecule has 0 bridgehead atoms. The van der Waals surface area contributed by atoms with Crippen LogP contribution in [0.4, 0.5) is 0 Å². The molecule has 5 saturated carbocycles. The summed E-state index contributed by atoms with van der Waals surface area (Å²) in [5.74, 6) is 8.87. The molecule has 5 fully saturated rings. The van der Waals surface area contributed by atoms with Gasteiger partial charge in [-0.05, 0) is 91.3 Å². The highest BCUT2D eigenvalue weighted by Gasteiger charge is 2.64. The third-order valence-corrected chi connectivity index (χ3v) is 9.71. The molecule has 1 spiro atoms. The molecule has 0 aromatic heterocycles. The summed E-state index contributed by atoms with van der Waals surface area (Å²) in [4.78, 5) is 0. The van der Waals surface area contributed by atoms with E-state index >= 15 is 0 Å². The topological polar surface area (TPSA) is 0 Å². The van der Waals surface area contributed by atoms with Crippen molar-refractivity contribution in [2.45, 2.75) is 90.9 Å². The second-order valence-corrected chi connectivity index (χ2v) is 10.8. The van der Waals surface area contributed by atoms with Gasteiger partial charge < -0.3 is 0 Å². The summed E-state index contributed by atoms with van der Waals surface area (Å²) in [7, 11) is 0. The molecule has 0 saturated heterocycles.